The minimum atomic E-state index is -4.72. The topological polar surface area (TPSA) is 172 Å². The van der Waals surface area contributed by atoms with Crippen molar-refractivity contribution in [1.29, 1.82) is 0 Å². The Hall–Kier alpha value is -2.04. The maximum absolute atomic E-state index is 12.6. The molecule has 352 valence electrons. The Balaban J connectivity index is 4.21. The number of carboxylic acids is 1. The van der Waals surface area contributed by atoms with E-state index in [1.807, 2.05) is 0 Å². The number of nitrogens with two attached hydrogens (primary N) is 1. The number of allylic oxidation sites excluding steroid dienone is 4. The molecule has 60 heavy (non-hydrogen) atoms. The van der Waals surface area contributed by atoms with E-state index in [1.165, 1.54) is 128 Å². The number of hydrogen-bond acceptors (Lipinski definition) is 9. The summed E-state index contributed by atoms with van der Waals surface area (Å²) in [5.74, 6) is -2.38. The summed E-state index contributed by atoms with van der Waals surface area (Å²) < 4.78 is 32.8. The van der Waals surface area contributed by atoms with Crippen LogP contribution in [0.2, 0.25) is 0 Å². The molecule has 0 heterocycles. The van der Waals surface area contributed by atoms with Gasteiger partial charge in [0.2, 0.25) is 0 Å². The Morgan fingerprint density at radius 1 is 0.517 bits per heavy atom. The molecule has 0 radical (unpaired) electrons. The minimum Gasteiger partial charge on any atom is -0.480 e. The number of unbranched alkanes of at least 4 members (excludes halogenated alkanes) is 28. The van der Waals surface area contributed by atoms with Crippen LogP contribution in [-0.4, -0.2) is 59.9 Å². The minimum absolute atomic E-state index is 0.148. The van der Waals surface area contributed by atoms with Gasteiger partial charge in [0.25, 0.3) is 0 Å². The van der Waals surface area contributed by atoms with Gasteiger partial charge in [-0.15, -0.1) is 0 Å². The normalized spacial score (nSPS) is 13.8. The van der Waals surface area contributed by atoms with Crippen molar-refractivity contribution in [2.45, 2.75) is 244 Å². The molecular weight excluding hydrogens is 781 g/mol. The largest absolute Gasteiger partial charge is 0.480 e. The highest BCUT2D eigenvalue weighted by molar-refractivity contribution is 7.47. The van der Waals surface area contributed by atoms with Crippen LogP contribution < -0.4 is 5.73 Å². The Kier molecular flexibility index (Phi) is 42.1. The average molecular weight is 872 g/mol. The molecule has 0 aliphatic heterocycles. The van der Waals surface area contributed by atoms with E-state index in [9.17, 15) is 23.8 Å². The maximum Gasteiger partial charge on any atom is 0.472 e. The Bertz CT molecular complexity index is 1120. The van der Waals surface area contributed by atoms with Gasteiger partial charge in [-0.2, -0.15) is 0 Å². The molecule has 0 bridgehead atoms. The summed E-state index contributed by atoms with van der Waals surface area (Å²) in [4.78, 5) is 46.1. The molecule has 0 amide bonds. The third-order valence-electron chi connectivity index (χ3n) is 10.7. The van der Waals surface area contributed by atoms with Crippen molar-refractivity contribution in [3.8, 4) is 0 Å². The van der Waals surface area contributed by atoms with E-state index in [0.29, 0.717) is 12.8 Å². The molecule has 0 fully saturated rings. The summed E-state index contributed by atoms with van der Waals surface area (Å²) in [5.41, 5.74) is 5.34. The SMILES string of the molecule is CCCC/C=C/C/C=C/CCCCCCCC(=O)O[C@@H](COC(=O)CCCCCCCCCCCCCCCCCCCCCCCC)COP(=O)(O)OC[C@@H](N)C(=O)O. The number of hydrogen-bond donors (Lipinski definition) is 3. The molecule has 11 nitrogen and oxygen atoms in total. The molecule has 0 rings (SSSR count). The van der Waals surface area contributed by atoms with Crippen molar-refractivity contribution in [1.82, 2.24) is 0 Å². The summed E-state index contributed by atoms with van der Waals surface area (Å²) in [7, 11) is -4.72. The second kappa shape index (κ2) is 43.6. The molecule has 0 aromatic carbocycles. The van der Waals surface area contributed by atoms with Gasteiger partial charge in [-0.05, 0) is 38.5 Å². The first-order chi connectivity index (χ1) is 29.1. The summed E-state index contributed by atoms with van der Waals surface area (Å²) in [5, 5.41) is 8.90. The zero-order chi connectivity index (χ0) is 44.2. The monoisotopic (exact) mass is 872 g/mol. The lowest BCUT2D eigenvalue weighted by Gasteiger charge is -2.20. The van der Waals surface area contributed by atoms with Crippen LogP contribution in [0.3, 0.4) is 0 Å². The second-order valence-electron chi connectivity index (χ2n) is 16.6. The lowest BCUT2D eigenvalue weighted by atomic mass is 10.0. The number of phosphoric ester groups is 1. The van der Waals surface area contributed by atoms with Crippen LogP contribution in [0, 0.1) is 0 Å². The van der Waals surface area contributed by atoms with Gasteiger partial charge < -0.3 is 25.2 Å². The summed E-state index contributed by atoms with van der Waals surface area (Å²) >= 11 is 0. The molecule has 0 aromatic rings. The zero-order valence-corrected chi connectivity index (χ0v) is 39.2. The number of aliphatic carboxylic acids is 1. The van der Waals surface area contributed by atoms with Crippen LogP contribution in [0.4, 0.5) is 0 Å². The van der Waals surface area contributed by atoms with Gasteiger partial charge in [0.1, 0.15) is 12.6 Å². The van der Waals surface area contributed by atoms with Gasteiger partial charge in [0.15, 0.2) is 6.10 Å². The van der Waals surface area contributed by atoms with Crippen molar-refractivity contribution in [3.05, 3.63) is 24.3 Å². The first kappa shape index (κ1) is 58.0. The van der Waals surface area contributed by atoms with Crippen molar-refractivity contribution in [2.75, 3.05) is 19.8 Å². The van der Waals surface area contributed by atoms with E-state index in [0.717, 1.165) is 64.2 Å². The summed E-state index contributed by atoms with van der Waals surface area (Å²) in [6, 6.07) is -1.52. The lowest BCUT2D eigenvalue weighted by Crippen LogP contribution is -2.34. The van der Waals surface area contributed by atoms with Crippen molar-refractivity contribution < 1.29 is 47.5 Å². The fraction of sp³-hybridized carbons (Fsp3) is 0.854. The second-order valence-corrected chi connectivity index (χ2v) is 18.1. The fourth-order valence-corrected chi connectivity index (χ4v) is 7.63. The number of esters is 2. The van der Waals surface area contributed by atoms with Gasteiger partial charge >= 0.3 is 25.7 Å². The third-order valence-corrected chi connectivity index (χ3v) is 11.7. The molecule has 0 saturated heterocycles. The zero-order valence-electron chi connectivity index (χ0n) is 38.3. The number of carboxylic acid groups (broad SMARTS) is 1. The first-order valence-electron chi connectivity index (χ1n) is 24.4. The van der Waals surface area contributed by atoms with Crippen LogP contribution in [-0.2, 0) is 37.5 Å². The number of rotatable bonds is 46. The van der Waals surface area contributed by atoms with Gasteiger partial charge in [-0.25, -0.2) is 4.57 Å². The molecule has 12 heteroatoms. The van der Waals surface area contributed by atoms with E-state index in [1.54, 1.807) is 0 Å². The van der Waals surface area contributed by atoms with Crippen LogP contribution in [0.5, 0.6) is 0 Å². The van der Waals surface area contributed by atoms with Crippen LogP contribution in [0.1, 0.15) is 232 Å². The highest BCUT2D eigenvalue weighted by Gasteiger charge is 2.28. The molecule has 1 unspecified atom stereocenters. The molecule has 0 aliphatic carbocycles. The lowest BCUT2D eigenvalue weighted by molar-refractivity contribution is -0.161. The van der Waals surface area contributed by atoms with Crippen LogP contribution >= 0.6 is 7.82 Å². The molecule has 4 N–H and O–H groups in total. The predicted molar refractivity (Wildman–Crippen MR) is 245 cm³/mol. The molecule has 0 aromatic heterocycles. The van der Waals surface area contributed by atoms with Gasteiger partial charge in [0, 0.05) is 12.8 Å². The third kappa shape index (κ3) is 42.6. The molecular formula is C48H90NO10P. The molecule has 0 aliphatic rings. The van der Waals surface area contributed by atoms with E-state index >= 15 is 0 Å². The van der Waals surface area contributed by atoms with Gasteiger partial charge in [-0.3, -0.25) is 23.4 Å². The van der Waals surface area contributed by atoms with Gasteiger partial charge in [-0.1, -0.05) is 205 Å². The summed E-state index contributed by atoms with van der Waals surface area (Å²) in [6.07, 6.45) is 46.8. The Morgan fingerprint density at radius 3 is 1.35 bits per heavy atom. The van der Waals surface area contributed by atoms with E-state index < -0.39 is 51.1 Å². The molecule has 0 saturated carbocycles. The number of carbonyl (C=O) groups excluding carboxylic acids is 2. The average Bonchev–Trinajstić information content (AvgIpc) is 3.22. The Labute approximate surface area is 366 Å². The van der Waals surface area contributed by atoms with E-state index in [2.05, 4.69) is 42.7 Å². The number of ether oxygens (including phenoxy) is 2. The van der Waals surface area contributed by atoms with Crippen molar-refractivity contribution in [2.24, 2.45) is 5.73 Å². The predicted octanol–water partition coefficient (Wildman–Crippen LogP) is 13.4. The highest BCUT2D eigenvalue weighted by Crippen LogP contribution is 2.43. The van der Waals surface area contributed by atoms with Crippen LogP contribution in [0.15, 0.2) is 24.3 Å². The fourth-order valence-electron chi connectivity index (χ4n) is 6.85. The number of phosphoric acid groups is 1. The number of carbonyl (C=O) groups is 3. The van der Waals surface area contributed by atoms with Crippen LogP contribution in [0.25, 0.3) is 0 Å². The molecule has 3 atom stereocenters. The van der Waals surface area contributed by atoms with Crippen molar-refractivity contribution >= 4 is 25.7 Å². The Morgan fingerprint density at radius 2 is 0.900 bits per heavy atom. The smallest absolute Gasteiger partial charge is 0.472 e. The quantitative estimate of drug-likeness (QED) is 0.0230. The van der Waals surface area contributed by atoms with Crippen molar-refractivity contribution in [3.63, 3.8) is 0 Å². The highest BCUT2D eigenvalue weighted by atomic mass is 31.2. The first-order valence-corrected chi connectivity index (χ1v) is 25.9. The maximum atomic E-state index is 12.6. The van der Waals surface area contributed by atoms with E-state index in [4.69, 9.17) is 24.8 Å². The standard InChI is InChI=1S/C48H90NO10P/c1-3-5-7-9-11-13-15-17-19-20-21-22-23-24-25-26-28-29-31-33-35-37-39-46(50)56-41-44(42-57-60(54,55)58-43-45(49)48(52)53)59-47(51)40-38-36-34-32-30-27-18-16-14-12-10-8-6-4-2/h10,12,16,18,44-45H,3-9,11,13-15,17,19-43,49H2,1-2H3,(H,52,53)(H,54,55)/b12-10+,18-16+/t44-,45+/m0/s1. The summed E-state index contributed by atoms with van der Waals surface area (Å²) in [6.45, 7) is 2.78. The van der Waals surface area contributed by atoms with Gasteiger partial charge in [0.05, 0.1) is 13.2 Å². The van der Waals surface area contributed by atoms with E-state index in [-0.39, 0.29) is 19.4 Å². The molecule has 0 spiro atoms.